The topological polar surface area (TPSA) is 66.4 Å². The predicted octanol–water partition coefficient (Wildman–Crippen LogP) is 1.26. The normalized spacial score (nSPS) is 29.4. The van der Waals surface area contributed by atoms with Gasteiger partial charge in [0.25, 0.3) is 0 Å². The van der Waals surface area contributed by atoms with Crippen molar-refractivity contribution in [2.24, 2.45) is 17.8 Å². The highest BCUT2D eigenvalue weighted by Gasteiger charge is 2.41. The van der Waals surface area contributed by atoms with Gasteiger partial charge in [-0.1, -0.05) is 6.92 Å². The van der Waals surface area contributed by atoms with E-state index in [0.29, 0.717) is 19.3 Å². The van der Waals surface area contributed by atoms with Crippen molar-refractivity contribution >= 4 is 11.9 Å². The summed E-state index contributed by atoms with van der Waals surface area (Å²) in [5.41, 5.74) is 0. The molecule has 4 unspecified atom stereocenters. The third kappa shape index (κ3) is 3.48. The van der Waals surface area contributed by atoms with Crippen LogP contribution in [0.25, 0.3) is 0 Å². The molecule has 4 atom stereocenters. The average molecular weight is 237 g/mol. The number of carboxylic acid groups (broad SMARTS) is 1. The van der Waals surface area contributed by atoms with E-state index in [4.69, 9.17) is 11.5 Å². The van der Waals surface area contributed by atoms with Gasteiger partial charge in [-0.15, -0.1) is 12.3 Å². The number of hydrogen-bond donors (Lipinski definition) is 2. The monoisotopic (exact) mass is 237 g/mol. The predicted molar refractivity (Wildman–Crippen MR) is 64.1 cm³/mol. The zero-order valence-corrected chi connectivity index (χ0v) is 10.3. The van der Waals surface area contributed by atoms with Gasteiger partial charge < -0.3 is 10.4 Å². The van der Waals surface area contributed by atoms with Gasteiger partial charge >= 0.3 is 5.97 Å². The first-order valence-electron chi connectivity index (χ1n) is 5.92. The van der Waals surface area contributed by atoms with E-state index in [9.17, 15) is 9.59 Å². The van der Waals surface area contributed by atoms with Gasteiger partial charge in [-0.05, 0) is 25.7 Å². The number of carbonyl (C=O) groups is 2. The Morgan fingerprint density at radius 1 is 1.47 bits per heavy atom. The standard InChI is InChI=1S/C13H19NO3/c1-4-5-9(3)14-12(15)10-6-8(2)7-11(10)13(16)17/h1,8-11H,5-7H2,2-3H3,(H,14,15)(H,16,17). The van der Waals surface area contributed by atoms with E-state index in [1.807, 2.05) is 13.8 Å². The fourth-order valence-electron chi connectivity index (χ4n) is 2.43. The average Bonchev–Trinajstić information content (AvgIpc) is 2.60. The number of rotatable bonds is 4. The maximum absolute atomic E-state index is 11.9. The first-order valence-corrected chi connectivity index (χ1v) is 5.92. The minimum absolute atomic E-state index is 0.0992. The Kier molecular flexibility index (Phi) is 4.56. The van der Waals surface area contributed by atoms with E-state index in [1.165, 1.54) is 0 Å². The summed E-state index contributed by atoms with van der Waals surface area (Å²) in [5, 5.41) is 11.9. The van der Waals surface area contributed by atoms with Gasteiger partial charge in [0.05, 0.1) is 11.8 Å². The van der Waals surface area contributed by atoms with Crippen LogP contribution in [-0.2, 0) is 9.59 Å². The largest absolute Gasteiger partial charge is 0.481 e. The third-order valence-electron chi connectivity index (χ3n) is 3.26. The van der Waals surface area contributed by atoms with E-state index in [1.54, 1.807) is 0 Å². The minimum atomic E-state index is -0.876. The zero-order chi connectivity index (χ0) is 13.0. The van der Waals surface area contributed by atoms with Gasteiger partial charge in [0.2, 0.25) is 5.91 Å². The Bertz CT molecular complexity index is 345. The number of amides is 1. The Morgan fingerprint density at radius 2 is 2.06 bits per heavy atom. The summed E-state index contributed by atoms with van der Waals surface area (Å²) >= 11 is 0. The second kappa shape index (κ2) is 5.72. The molecule has 1 fully saturated rings. The van der Waals surface area contributed by atoms with Crippen molar-refractivity contribution < 1.29 is 14.7 Å². The number of hydrogen-bond acceptors (Lipinski definition) is 2. The lowest BCUT2D eigenvalue weighted by Gasteiger charge is -2.18. The summed E-state index contributed by atoms with van der Waals surface area (Å²) in [6.45, 7) is 3.81. The van der Waals surface area contributed by atoms with Crippen LogP contribution in [0, 0.1) is 30.1 Å². The van der Waals surface area contributed by atoms with Crippen LogP contribution in [0.15, 0.2) is 0 Å². The molecule has 1 saturated carbocycles. The summed E-state index contributed by atoms with van der Waals surface area (Å²) in [7, 11) is 0. The first kappa shape index (κ1) is 13.6. The molecular weight excluding hydrogens is 218 g/mol. The van der Waals surface area contributed by atoms with Crippen LogP contribution in [0.1, 0.15) is 33.1 Å². The fourth-order valence-corrected chi connectivity index (χ4v) is 2.43. The molecule has 1 aliphatic rings. The lowest BCUT2D eigenvalue weighted by molar-refractivity contribution is -0.146. The van der Waals surface area contributed by atoms with E-state index >= 15 is 0 Å². The molecule has 0 spiro atoms. The van der Waals surface area contributed by atoms with Gasteiger partial charge in [-0.2, -0.15) is 0 Å². The van der Waals surface area contributed by atoms with Gasteiger partial charge in [0.1, 0.15) is 0 Å². The molecule has 0 aromatic heterocycles. The molecule has 0 bridgehead atoms. The van der Waals surface area contributed by atoms with Gasteiger partial charge in [-0.25, -0.2) is 0 Å². The van der Waals surface area contributed by atoms with Gasteiger partial charge in [0, 0.05) is 12.5 Å². The minimum Gasteiger partial charge on any atom is -0.481 e. The second-order valence-corrected chi connectivity index (χ2v) is 4.95. The highest BCUT2D eigenvalue weighted by Crippen LogP contribution is 2.36. The maximum Gasteiger partial charge on any atom is 0.307 e. The summed E-state index contributed by atoms with van der Waals surface area (Å²) in [4.78, 5) is 23.0. The van der Waals surface area contributed by atoms with Crippen LogP contribution < -0.4 is 5.32 Å². The molecule has 0 heterocycles. The van der Waals surface area contributed by atoms with Crippen molar-refractivity contribution in [2.75, 3.05) is 0 Å². The summed E-state index contributed by atoms with van der Waals surface area (Å²) in [6, 6.07) is -0.0992. The van der Waals surface area contributed by atoms with Crippen LogP contribution in [0.5, 0.6) is 0 Å². The van der Waals surface area contributed by atoms with Crippen LogP contribution in [0.2, 0.25) is 0 Å². The third-order valence-corrected chi connectivity index (χ3v) is 3.26. The highest BCUT2D eigenvalue weighted by molar-refractivity contribution is 5.85. The van der Waals surface area contributed by atoms with Crippen molar-refractivity contribution in [2.45, 2.75) is 39.2 Å². The number of aliphatic carboxylic acids is 1. The van der Waals surface area contributed by atoms with Crippen LogP contribution in [0.3, 0.4) is 0 Å². The fraction of sp³-hybridized carbons (Fsp3) is 0.692. The van der Waals surface area contributed by atoms with Crippen molar-refractivity contribution in [1.29, 1.82) is 0 Å². The molecular formula is C13H19NO3. The smallest absolute Gasteiger partial charge is 0.307 e. The molecule has 1 amide bonds. The van der Waals surface area contributed by atoms with Crippen molar-refractivity contribution in [1.82, 2.24) is 5.32 Å². The van der Waals surface area contributed by atoms with Crippen LogP contribution in [0.4, 0.5) is 0 Å². The molecule has 0 saturated heterocycles. The van der Waals surface area contributed by atoms with E-state index < -0.39 is 17.8 Å². The molecule has 4 heteroatoms. The lowest BCUT2D eigenvalue weighted by Crippen LogP contribution is -2.39. The molecule has 0 radical (unpaired) electrons. The summed E-state index contributed by atoms with van der Waals surface area (Å²) in [6.07, 6.45) is 6.85. The van der Waals surface area contributed by atoms with Crippen molar-refractivity contribution in [3.05, 3.63) is 0 Å². The second-order valence-electron chi connectivity index (χ2n) is 4.95. The molecule has 0 aromatic rings. The lowest BCUT2D eigenvalue weighted by atomic mass is 9.95. The quantitative estimate of drug-likeness (QED) is 0.723. The maximum atomic E-state index is 11.9. The molecule has 2 N–H and O–H groups in total. The number of nitrogens with one attached hydrogen (secondary N) is 1. The SMILES string of the molecule is C#CCC(C)NC(=O)C1CC(C)CC1C(=O)O. The molecule has 1 rings (SSSR count). The number of carbonyl (C=O) groups excluding carboxylic acids is 1. The molecule has 17 heavy (non-hydrogen) atoms. The van der Waals surface area contributed by atoms with Gasteiger partial charge in [0.15, 0.2) is 0 Å². The molecule has 1 aliphatic carbocycles. The summed E-state index contributed by atoms with van der Waals surface area (Å²) in [5.74, 6) is 0.743. The number of terminal acetylenes is 1. The number of carboxylic acids is 1. The van der Waals surface area contributed by atoms with Gasteiger partial charge in [-0.3, -0.25) is 9.59 Å². The highest BCUT2D eigenvalue weighted by atomic mass is 16.4. The Hall–Kier alpha value is -1.50. The van der Waals surface area contributed by atoms with Crippen molar-refractivity contribution in [3.8, 4) is 12.3 Å². The molecule has 0 aliphatic heterocycles. The van der Waals surface area contributed by atoms with E-state index in [-0.39, 0.29) is 17.9 Å². The summed E-state index contributed by atoms with van der Waals surface area (Å²) < 4.78 is 0. The first-order chi connectivity index (χ1) is 7.95. The van der Waals surface area contributed by atoms with Crippen LogP contribution in [-0.4, -0.2) is 23.0 Å². The zero-order valence-electron chi connectivity index (χ0n) is 10.3. The Morgan fingerprint density at radius 3 is 2.59 bits per heavy atom. The molecule has 0 aromatic carbocycles. The van der Waals surface area contributed by atoms with Crippen molar-refractivity contribution in [3.63, 3.8) is 0 Å². The molecule has 94 valence electrons. The van der Waals surface area contributed by atoms with Crippen LogP contribution >= 0.6 is 0 Å². The molecule has 4 nitrogen and oxygen atoms in total. The Balaban J connectivity index is 2.62. The van der Waals surface area contributed by atoms with E-state index in [2.05, 4.69) is 11.2 Å². The Labute approximate surface area is 102 Å². The van der Waals surface area contributed by atoms with E-state index in [0.717, 1.165) is 0 Å².